The Morgan fingerprint density at radius 2 is 2.11 bits per heavy atom. The maximum atomic E-state index is 12.3. The van der Waals surface area contributed by atoms with Crippen LogP contribution in [0.1, 0.15) is 46.5 Å². The van der Waals surface area contributed by atoms with Gasteiger partial charge in [-0.2, -0.15) is 0 Å². The Balaban J connectivity index is 2.20. The summed E-state index contributed by atoms with van der Waals surface area (Å²) in [6.45, 7) is 7.14. The van der Waals surface area contributed by atoms with Gasteiger partial charge in [-0.15, -0.1) is 0 Å². The molecule has 1 aliphatic rings. The molecule has 18 heavy (non-hydrogen) atoms. The highest BCUT2D eigenvalue weighted by Crippen LogP contribution is 2.31. The van der Waals surface area contributed by atoms with E-state index in [2.05, 4.69) is 31.1 Å². The molecule has 0 spiro atoms. The van der Waals surface area contributed by atoms with E-state index in [1.807, 2.05) is 0 Å². The van der Waals surface area contributed by atoms with Gasteiger partial charge in [0.1, 0.15) is 0 Å². The third kappa shape index (κ3) is 2.92. The van der Waals surface area contributed by atoms with E-state index >= 15 is 0 Å². The van der Waals surface area contributed by atoms with Gasteiger partial charge in [-0.1, -0.05) is 26.7 Å². The van der Waals surface area contributed by atoms with Crippen molar-refractivity contribution in [2.24, 2.45) is 5.92 Å². The number of hydrogen-bond donors (Lipinski definition) is 1. The highest BCUT2D eigenvalue weighted by atomic mass is 16.1. The minimum absolute atomic E-state index is 0.000625. The quantitative estimate of drug-likeness (QED) is 0.892. The van der Waals surface area contributed by atoms with E-state index in [4.69, 9.17) is 0 Å². The fraction of sp³-hybridized carbons (Fsp3) is 0.714. The fourth-order valence-electron chi connectivity index (χ4n) is 2.64. The predicted octanol–water partition coefficient (Wildman–Crippen LogP) is 2.64. The topological polar surface area (TPSA) is 46.9 Å². The number of anilines is 1. The largest absolute Gasteiger partial charge is 0.360 e. The maximum Gasteiger partial charge on any atom is 0.293 e. The zero-order valence-corrected chi connectivity index (χ0v) is 11.6. The Hall–Kier alpha value is -1.32. The summed E-state index contributed by atoms with van der Waals surface area (Å²) in [6.07, 6.45) is 8.18. The van der Waals surface area contributed by atoms with Gasteiger partial charge in [0.15, 0.2) is 5.82 Å². The molecule has 0 amide bonds. The first-order chi connectivity index (χ1) is 8.50. The number of nitrogens with zero attached hydrogens (tertiary/aromatic N) is 2. The van der Waals surface area contributed by atoms with E-state index in [0.717, 1.165) is 19.4 Å². The molecule has 0 aromatic carbocycles. The Morgan fingerprint density at radius 3 is 2.72 bits per heavy atom. The van der Waals surface area contributed by atoms with E-state index in [0.29, 0.717) is 11.7 Å². The lowest BCUT2D eigenvalue weighted by atomic mass is 10.0. The zero-order valence-electron chi connectivity index (χ0n) is 11.6. The first-order valence-corrected chi connectivity index (χ1v) is 6.84. The molecule has 0 radical (unpaired) electrons. The van der Waals surface area contributed by atoms with Crippen molar-refractivity contribution in [2.75, 3.05) is 5.32 Å². The van der Waals surface area contributed by atoms with E-state index < -0.39 is 0 Å². The van der Waals surface area contributed by atoms with Crippen LogP contribution in [0.25, 0.3) is 0 Å². The van der Waals surface area contributed by atoms with Crippen LogP contribution in [-0.4, -0.2) is 15.1 Å². The molecule has 2 rings (SSSR count). The molecule has 0 saturated heterocycles. The third-order valence-electron chi connectivity index (χ3n) is 3.60. The molecule has 0 unspecified atom stereocenters. The summed E-state index contributed by atoms with van der Waals surface area (Å²) in [5.74, 6) is 0.961. The van der Waals surface area contributed by atoms with Crippen molar-refractivity contribution in [3.63, 3.8) is 0 Å². The predicted molar refractivity (Wildman–Crippen MR) is 73.8 cm³/mol. The molecule has 0 aliphatic heterocycles. The van der Waals surface area contributed by atoms with Crippen molar-refractivity contribution >= 4 is 5.82 Å². The van der Waals surface area contributed by atoms with E-state index in [9.17, 15) is 4.79 Å². The Morgan fingerprint density at radius 1 is 1.44 bits per heavy atom. The summed E-state index contributed by atoms with van der Waals surface area (Å²) >= 11 is 0. The van der Waals surface area contributed by atoms with E-state index in [1.165, 1.54) is 12.8 Å². The molecule has 1 heterocycles. The second-order valence-electron chi connectivity index (χ2n) is 6.02. The van der Waals surface area contributed by atoms with Gasteiger partial charge >= 0.3 is 0 Å². The fourth-order valence-corrected chi connectivity index (χ4v) is 2.64. The van der Waals surface area contributed by atoms with Crippen LogP contribution in [0.5, 0.6) is 0 Å². The lowest BCUT2D eigenvalue weighted by molar-refractivity contribution is 0.502. The second-order valence-corrected chi connectivity index (χ2v) is 6.02. The first-order valence-electron chi connectivity index (χ1n) is 6.84. The van der Waals surface area contributed by atoms with Gasteiger partial charge in [-0.05, 0) is 25.7 Å². The zero-order chi connectivity index (χ0) is 13.2. The molecule has 1 aromatic rings. The normalized spacial score (nSPS) is 18.2. The summed E-state index contributed by atoms with van der Waals surface area (Å²) in [7, 11) is 0. The second kappa shape index (κ2) is 5.12. The summed E-state index contributed by atoms with van der Waals surface area (Å²) in [5, 5.41) is 3.35. The van der Waals surface area contributed by atoms with Crippen molar-refractivity contribution in [3.05, 3.63) is 22.7 Å². The molecule has 1 N–H and O–H groups in total. The average Bonchev–Trinajstić information content (AvgIpc) is 2.70. The molecule has 4 nitrogen and oxygen atoms in total. The molecule has 1 saturated carbocycles. The summed E-state index contributed by atoms with van der Waals surface area (Å²) in [5.41, 5.74) is 0.0442. The van der Waals surface area contributed by atoms with Gasteiger partial charge in [0, 0.05) is 24.5 Å². The monoisotopic (exact) mass is 249 g/mol. The molecule has 4 heteroatoms. The molecule has 0 atom stereocenters. The van der Waals surface area contributed by atoms with Crippen LogP contribution < -0.4 is 10.9 Å². The van der Waals surface area contributed by atoms with Crippen molar-refractivity contribution < 1.29 is 0 Å². The van der Waals surface area contributed by atoms with Crippen LogP contribution in [0.3, 0.4) is 0 Å². The highest BCUT2D eigenvalue weighted by Gasteiger charge is 2.29. The van der Waals surface area contributed by atoms with Crippen LogP contribution in [0.15, 0.2) is 17.2 Å². The molecule has 100 valence electrons. The SMILES string of the molecule is CC(C)Cn1ccnc(NC2(C)CCCC2)c1=O. The molecule has 1 fully saturated rings. The molecule has 1 aromatic heterocycles. The van der Waals surface area contributed by atoms with Gasteiger partial charge in [0.2, 0.25) is 0 Å². The number of rotatable bonds is 4. The van der Waals surface area contributed by atoms with Crippen LogP contribution >= 0.6 is 0 Å². The van der Waals surface area contributed by atoms with Crippen molar-refractivity contribution in [3.8, 4) is 0 Å². The smallest absolute Gasteiger partial charge is 0.293 e. The Labute approximate surface area is 108 Å². The number of aromatic nitrogens is 2. The Bertz CT molecular complexity index is 458. The third-order valence-corrected chi connectivity index (χ3v) is 3.60. The van der Waals surface area contributed by atoms with Gasteiger partial charge in [-0.3, -0.25) is 4.79 Å². The maximum absolute atomic E-state index is 12.3. The molecule has 0 bridgehead atoms. The molecular formula is C14H23N3O. The highest BCUT2D eigenvalue weighted by molar-refractivity contribution is 5.35. The van der Waals surface area contributed by atoms with E-state index in [-0.39, 0.29) is 11.1 Å². The number of hydrogen-bond acceptors (Lipinski definition) is 3. The molecule has 1 aliphatic carbocycles. The standard InChI is InChI=1S/C14H23N3O/c1-11(2)10-17-9-8-15-12(13(17)18)16-14(3)6-4-5-7-14/h8-9,11H,4-7,10H2,1-3H3,(H,15,16). The molecular weight excluding hydrogens is 226 g/mol. The van der Waals surface area contributed by atoms with Crippen LogP contribution in [0.4, 0.5) is 5.82 Å². The van der Waals surface area contributed by atoms with Gasteiger partial charge < -0.3 is 9.88 Å². The van der Waals surface area contributed by atoms with Gasteiger partial charge in [0.25, 0.3) is 5.56 Å². The Kier molecular flexibility index (Phi) is 3.73. The lowest BCUT2D eigenvalue weighted by Gasteiger charge is -2.25. The minimum atomic E-state index is -0.000625. The average molecular weight is 249 g/mol. The van der Waals surface area contributed by atoms with Crippen LogP contribution in [0.2, 0.25) is 0 Å². The van der Waals surface area contributed by atoms with Crippen LogP contribution in [0, 0.1) is 5.92 Å². The summed E-state index contributed by atoms with van der Waals surface area (Å²) in [4.78, 5) is 16.5. The van der Waals surface area contributed by atoms with Gasteiger partial charge in [0.05, 0.1) is 0 Å². The van der Waals surface area contributed by atoms with Crippen molar-refractivity contribution in [1.82, 2.24) is 9.55 Å². The van der Waals surface area contributed by atoms with E-state index in [1.54, 1.807) is 17.0 Å². The first kappa shape index (κ1) is 13.1. The number of nitrogens with one attached hydrogen (secondary N) is 1. The van der Waals surface area contributed by atoms with Gasteiger partial charge in [-0.25, -0.2) is 4.98 Å². The van der Waals surface area contributed by atoms with Crippen molar-refractivity contribution in [2.45, 2.75) is 58.5 Å². The van der Waals surface area contributed by atoms with Crippen molar-refractivity contribution in [1.29, 1.82) is 0 Å². The van der Waals surface area contributed by atoms with Crippen LogP contribution in [-0.2, 0) is 6.54 Å². The summed E-state index contributed by atoms with van der Waals surface area (Å²) in [6, 6.07) is 0. The summed E-state index contributed by atoms with van der Waals surface area (Å²) < 4.78 is 1.75. The minimum Gasteiger partial charge on any atom is -0.360 e. The lowest BCUT2D eigenvalue weighted by Crippen LogP contribution is -2.36.